The lowest BCUT2D eigenvalue weighted by atomic mass is 10.1. The summed E-state index contributed by atoms with van der Waals surface area (Å²) in [7, 11) is 0. The minimum absolute atomic E-state index is 0.285. The minimum Gasteiger partial charge on any atom is -0.449 e. The number of carbonyl (C=O) groups excluding carboxylic acids is 1. The zero-order valence-electron chi connectivity index (χ0n) is 11.1. The molecule has 21 heavy (non-hydrogen) atoms. The van der Waals surface area contributed by atoms with Gasteiger partial charge in [-0.15, -0.1) is 0 Å². The monoisotopic (exact) mass is 349 g/mol. The molecule has 2 heterocycles. The van der Waals surface area contributed by atoms with E-state index in [2.05, 4.69) is 31.4 Å². The molecule has 0 spiro atoms. The van der Waals surface area contributed by atoms with Crippen molar-refractivity contribution in [1.29, 1.82) is 0 Å². The topological polar surface area (TPSA) is 95.1 Å². The standard InChI is InChI=1S/C13H12BrN5O2/c1-2-21-13(20)18-19-6-9-11(17-19)8-4-3-7(14)5-10(8)16-12(9)15/h3-6H,2H2,1H3,(H2,15,16)(H,18,20). The minimum atomic E-state index is -0.580. The van der Waals surface area contributed by atoms with Crippen LogP contribution < -0.4 is 11.2 Å². The van der Waals surface area contributed by atoms with Crippen molar-refractivity contribution in [3.05, 3.63) is 28.9 Å². The predicted octanol–water partition coefficient (Wildman–Crippen LogP) is 2.63. The van der Waals surface area contributed by atoms with Gasteiger partial charge >= 0.3 is 6.09 Å². The summed E-state index contributed by atoms with van der Waals surface area (Å²) in [6, 6.07) is 5.66. The molecular formula is C13H12BrN5O2. The highest BCUT2D eigenvalue weighted by Gasteiger charge is 2.12. The van der Waals surface area contributed by atoms with E-state index < -0.39 is 6.09 Å². The zero-order chi connectivity index (χ0) is 15.0. The molecule has 0 radical (unpaired) electrons. The Hall–Kier alpha value is -2.35. The highest BCUT2D eigenvalue weighted by Crippen LogP contribution is 2.28. The van der Waals surface area contributed by atoms with Crippen molar-refractivity contribution in [3.8, 4) is 0 Å². The number of rotatable bonds is 2. The molecule has 1 aromatic carbocycles. The number of carbonyl (C=O) groups is 1. The van der Waals surface area contributed by atoms with Crippen molar-refractivity contribution < 1.29 is 9.53 Å². The van der Waals surface area contributed by atoms with Gasteiger partial charge in [0.1, 0.15) is 11.3 Å². The maximum atomic E-state index is 11.4. The van der Waals surface area contributed by atoms with Crippen LogP contribution in [0.1, 0.15) is 6.92 Å². The van der Waals surface area contributed by atoms with Crippen LogP contribution >= 0.6 is 15.9 Å². The van der Waals surface area contributed by atoms with Gasteiger partial charge in [-0.05, 0) is 25.1 Å². The number of nitrogens with two attached hydrogens (primary N) is 1. The molecule has 0 saturated carbocycles. The fourth-order valence-corrected chi connectivity index (χ4v) is 2.41. The van der Waals surface area contributed by atoms with Crippen LogP contribution in [0, 0.1) is 0 Å². The highest BCUT2D eigenvalue weighted by molar-refractivity contribution is 9.10. The quantitative estimate of drug-likeness (QED) is 0.741. The second kappa shape index (κ2) is 5.21. The summed E-state index contributed by atoms with van der Waals surface area (Å²) in [5.41, 5.74) is 9.84. The molecule has 0 aliphatic heterocycles. The SMILES string of the molecule is CCOC(=O)Nn1cc2c(N)nc3cc(Br)ccc3c2n1. The van der Waals surface area contributed by atoms with Crippen LogP contribution in [0.3, 0.4) is 0 Å². The largest absolute Gasteiger partial charge is 0.449 e. The molecule has 108 valence electrons. The Morgan fingerprint density at radius 1 is 1.48 bits per heavy atom. The number of anilines is 1. The number of halogens is 1. The van der Waals surface area contributed by atoms with Gasteiger partial charge in [-0.2, -0.15) is 9.89 Å². The number of hydrogen-bond acceptors (Lipinski definition) is 5. The summed E-state index contributed by atoms with van der Waals surface area (Å²) in [5, 5.41) is 5.84. The molecule has 8 heteroatoms. The van der Waals surface area contributed by atoms with Gasteiger partial charge in [-0.25, -0.2) is 15.2 Å². The normalized spacial score (nSPS) is 11.0. The second-order valence-corrected chi connectivity index (χ2v) is 5.24. The zero-order valence-corrected chi connectivity index (χ0v) is 12.7. The molecule has 0 saturated heterocycles. The fraction of sp³-hybridized carbons (Fsp3) is 0.154. The van der Waals surface area contributed by atoms with Crippen LogP contribution in [-0.2, 0) is 4.74 Å². The molecule has 0 fully saturated rings. The van der Waals surface area contributed by atoms with Crippen molar-refractivity contribution in [2.24, 2.45) is 0 Å². The first-order valence-electron chi connectivity index (χ1n) is 6.26. The van der Waals surface area contributed by atoms with Crippen molar-refractivity contribution in [3.63, 3.8) is 0 Å². The number of pyridine rings is 1. The number of hydrogen-bond donors (Lipinski definition) is 2. The molecule has 7 nitrogen and oxygen atoms in total. The summed E-state index contributed by atoms with van der Waals surface area (Å²) in [6.07, 6.45) is 1.03. The van der Waals surface area contributed by atoms with Crippen molar-refractivity contribution in [2.45, 2.75) is 6.92 Å². The Kier molecular flexibility index (Phi) is 3.38. The van der Waals surface area contributed by atoms with E-state index in [0.29, 0.717) is 16.7 Å². The fourth-order valence-electron chi connectivity index (χ4n) is 2.06. The van der Waals surface area contributed by atoms with Gasteiger partial charge in [0.25, 0.3) is 0 Å². The molecule has 2 aromatic heterocycles. The van der Waals surface area contributed by atoms with Gasteiger partial charge in [0.05, 0.1) is 23.7 Å². The van der Waals surface area contributed by atoms with E-state index in [4.69, 9.17) is 10.5 Å². The van der Waals surface area contributed by atoms with E-state index >= 15 is 0 Å². The van der Waals surface area contributed by atoms with E-state index in [1.165, 1.54) is 4.79 Å². The van der Waals surface area contributed by atoms with Crippen LogP contribution in [0.4, 0.5) is 10.6 Å². The number of nitrogens with one attached hydrogen (secondary N) is 1. The Balaban J connectivity index is 2.13. The molecule has 1 amide bonds. The van der Waals surface area contributed by atoms with Crippen LogP contribution in [0.5, 0.6) is 0 Å². The van der Waals surface area contributed by atoms with Gasteiger partial charge in [-0.3, -0.25) is 0 Å². The Morgan fingerprint density at radius 2 is 2.29 bits per heavy atom. The molecule has 0 bridgehead atoms. The van der Waals surface area contributed by atoms with E-state index in [1.54, 1.807) is 13.1 Å². The lowest BCUT2D eigenvalue weighted by Crippen LogP contribution is -2.23. The highest BCUT2D eigenvalue weighted by atomic mass is 79.9. The van der Waals surface area contributed by atoms with Crippen LogP contribution in [0.15, 0.2) is 28.9 Å². The first-order valence-corrected chi connectivity index (χ1v) is 7.05. The van der Waals surface area contributed by atoms with E-state index in [9.17, 15) is 4.79 Å². The molecule has 3 aromatic rings. The number of benzene rings is 1. The second-order valence-electron chi connectivity index (χ2n) is 4.33. The van der Waals surface area contributed by atoms with Crippen molar-refractivity contribution in [2.75, 3.05) is 17.8 Å². The Bertz CT molecular complexity index is 845. The van der Waals surface area contributed by atoms with Gasteiger partial charge in [-0.1, -0.05) is 15.9 Å². The van der Waals surface area contributed by atoms with E-state index in [0.717, 1.165) is 15.4 Å². The van der Waals surface area contributed by atoms with Crippen molar-refractivity contribution >= 4 is 49.6 Å². The molecule has 0 aliphatic carbocycles. The average Bonchev–Trinajstić information content (AvgIpc) is 2.83. The molecule has 3 rings (SSSR count). The lowest BCUT2D eigenvalue weighted by molar-refractivity contribution is 0.164. The van der Waals surface area contributed by atoms with E-state index in [1.807, 2.05) is 18.2 Å². The maximum absolute atomic E-state index is 11.4. The van der Waals surface area contributed by atoms with Gasteiger partial charge in [0.2, 0.25) is 0 Å². The summed E-state index contributed by atoms with van der Waals surface area (Å²) in [6.45, 7) is 2.01. The summed E-state index contributed by atoms with van der Waals surface area (Å²) >= 11 is 3.40. The third-order valence-corrected chi connectivity index (χ3v) is 3.42. The van der Waals surface area contributed by atoms with Crippen molar-refractivity contribution in [1.82, 2.24) is 14.9 Å². The van der Waals surface area contributed by atoms with E-state index in [-0.39, 0.29) is 6.61 Å². The smallest absolute Gasteiger partial charge is 0.427 e. The lowest BCUT2D eigenvalue weighted by Gasteiger charge is -2.03. The van der Waals surface area contributed by atoms with Gasteiger partial charge in [0.15, 0.2) is 0 Å². The summed E-state index contributed by atoms with van der Waals surface area (Å²) < 4.78 is 5.72. The van der Waals surface area contributed by atoms with Gasteiger partial charge < -0.3 is 10.5 Å². The number of aromatic nitrogens is 3. The summed E-state index contributed by atoms with van der Waals surface area (Å²) in [5.74, 6) is 0.354. The average molecular weight is 350 g/mol. The summed E-state index contributed by atoms with van der Waals surface area (Å²) in [4.78, 5) is 17.1. The number of nitrogen functional groups attached to an aromatic ring is 1. The third-order valence-electron chi connectivity index (χ3n) is 2.93. The third kappa shape index (κ3) is 2.49. The number of ether oxygens (including phenoxy) is 1. The molecular weight excluding hydrogens is 338 g/mol. The van der Waals surface area contributed by atoms with Crippen LogP contribution in [0.25, 0.3) is 21.8 Å². The van der Waals surface area contributed by atoms with Crippen LogP contribution in [-0.4, -0.2) is 27.6 Å². The first kappa shape index (κ1) is 13.6. The first-order chi connectivity index (χ1) is 10.1. The Morgan fingerprint density at radius 3 is 3.05 bits per heavy atom. The molecule has 0 atom stereocenters. The predicted molar refractivity (Wildman–Crippen MR) is 83.5 cm³/mol. The van der Waals surface area contributed by atoms with Gasteiger partial charge in [0, 0.05) is 9.86 Å². The molecule has 3 N–H and O–H groups in total. The number of amides is 1. The molecule has 0 aliphatic rings. The number of nitrogens with zero attached hydrogens (tertiary/aromatic N) is 3. The van der Waals surface area contributed by atoms with Crippen LogP contribution in [0.2, 0.25) is 0 Å². The molecule has 0 unspecified atom stereocenters. The number of fused-ring (bicyclic) bond motifs is 3. The Labute approximate surface area is 128 Å². The maximum Gasteiger partial charge on any atom is 0.427 e.